The summed E-state index contributed by atoms with van der Waals surface area (Å²) in [6.07, 6.45) is 1.62. The predicted molar refractivity (Wildman–Crippen MR) is 60.7 cm³/mol. The lowest BCUT2D eigenvalue weighted by atomic mass is 10.1. The van der Waals surface area contributed by atoms with Gasteiger partial charge in [0.1, 0.15) is 5.69 Å². The number of carbonyl (C=O) groups excluding carboxylic acids is 1. The zero-order chi connectivity index (χ0) is 12.1. The fourth-order valence-corrected chi connectivity index (χ4v) is 1.69. The van der Waals surface area contributed by atoms with E-state index in [-0.39, 0.29) is 12.0 Å². The second-order valence-electron chi connectivity index (χ2n) is 4.21. The van der Waals surface area contributed by atoms with Crippen molar-refractivity contribution in [2.45, 2.75) is 39.2 Å². The van der Waals surface area contributed by atoms with Crippen LogP contribution in [-0.4, -0.2) is 35.0 Å². The largest absolute Gasteiger partial charge is 0.385 e. The minimum absolute atomic E-state index is 0.193. The van der Waals surface area contributed by atoms with Crippen LogP contribution < -0.4 is 0 Å². The van der Waals surface area contributed by atoms with Gasteiger partial charge in [0.15, 0.2) is 6.29 Å². The molecule has 90 valence electrons. The van der Waals surface area contributed by atoms with E-state index in [4.69, 9.17) is 4.74 Å². The maximum atomic E-state index is 10.8. The summed E-state index contributed by atoms with van der Waals surface area (Å²) in [6.45, 7) is 6.79. The van der Waals surface area contributed by atoms with Crippen LogP contribution in [0.4, 0.5) is 0 Å². The molecular formula is C11H19N3O2. The fraction of sp³-hybridized carbons (Fsp3) is 0.727. The van der Waals surface area contributed by atoms with Crippen LogP contribution in [0.5, 0.6) is 0 Å². The summed E-state index contributed by atoms with van der Waals surface area (Å²) in [5.41, 5.74) is 1.35. The van der Waals surface area contributed by atoms with Crippen LogP contribution in [0, 0.1) is 0 Å². The Morgan fingerprint density at radius 3 is 2.62 bits per heavy atom. The molecule has 0 saturated carbocycles. The van der Waals surface area contributed by atoms with Crippen molar-refractivity contribution < 1.29 is 9.53 Å². The lowest BCUT2D eigenvalue weighted by molar-refractivity contribution is 0.111. The van der Waals surface area contributed by atoms with E-state index >= 15 is 0 Å². The van der Waals surface area contributed by atoms with Crippen molar-refractivity contribution in [3.8, 4) is 0 Å². The highest BCUT2D eigenvalue weighted by Gasteiger charge is 2.18. The van der Waals surface area contributed by atoms with Gasteiger partial charge in [0.25, 0.3) is 0 Å². The van der Waals surface area contributed by atoms with E-state index in [1.807, 2.05) is 25.5 Å². The Hall–Kier alpha value is -1.23. The SMILES string of the molecule is COCCC(C)n1nnc(C=O)c1C(C)C. The molecule has 0 fully saturated rings. The summed E-state index contributed by atoms with van der Waals surface area (Å²) in [5.74, 6) is 0.236. The first-order chi connectivity index (χ1) is 7.61. The molecule has 0 radical (unpaired) electrons. The van der Waals surface area contributed by atoms with Gasteiger partial charge in [0, 0.05) is 13.7 Å². The molecule has 0 N–H and O–H groups in total. The van der Waals surface area contributed by atoms with Crippen LogP contribution in [0.25, 0.3) is 0 Å². The molecule has 0 amide bonds. The minimum Gasteiger partial charge on any atom is -0.385 e. The molecule has 0 bridgehead atoms. The molecule has 1 heterocycles. The van der Waals surface area contributed by atoms with Crippen LogP contribution in [-0.2, 0) is 4.74 Å². The fourth-order valence-electron chi connectivity index (χ4n) is 1.69. The minimum atomic E-state index is 0.193. The van der Waals surface area contributed by atoms with Crippen LogP contribution in [0.1, 0.15) is 55.3 Å². The van der Waals surface area contributed by atoms with E-state index < -0.39 is 0 Å². The van der Waals surface area contributed by atoms with E-state index in [0.29, 0.717) is 12.3 Å². The molecule has 1 aromatic heterocycles. The van der Waals surface area contributed by atoms with Crippen molar-refractivity contribution in [1.29, 1.82) is 0 Å². The normalized spacial score (nSPS) is 13.1. The van der Waals surface area contributed by atoms with Gasteiger partial charge in [0.2, 0.25) is 0 Å². The van der Waals surface area contributed by atoms with Gasteiger partial charge < -0.3 is 4.74 Å². The molecule has 0 spiro atoms. The number of nitrogens with zero attached hydrogens (tertiary/aromatic N) is 3. The molecule has 0 saturated heterocycles. The second-order valence-corrected chi connectivity index (χ2v) is 4.21. The van der Waals surface area contributed by atoms with E-state index in [9.17, 15) is 4.79 Å². The highest BCUT2D eigenvalue weighted by atomic mass is 16.5. The zero-order valence-electron chi connectivity index (χ0n) is 10.3. The lowest BCUT2D eigenvalue weighted by Crippen LogP contribution is -2.14. The predicted octanol–water partition coefficient (Wildman–Crippen LogP) is 1.81. The summed E-state index contributed by atoms with van der Waals surface area (Å²) in [6, 6.07) is 0.193. The van der Waals surface area contributed by atoms with Gasteiger partial charge in [0.05, 0.1) is 11.7 Å². The Kier molecular flexibility index (Phi) is 4.61. The molecule has 0 aliphatic carbocycles. The third-order valence-corrected chi connectivity index (χ3v) is 2.57. The first-order valence-corrected chi connectivity index (χ1v) is 5.51. The molecule has 5 nitrogen and oxygen atoms in total. The summed E-state index contributed by atoms with van der Waals surface area (Å²) >= 11 is 0. The van der Waals surface area contributed by atoms with Crippen LogP contribution >= 0.6 is 0 Å². The topological polar surface area (TPSA) is 57.0 Å². The molecule has 0 aromatic carbocycles. The average molecular weight is 225 g/mol. The standard InChI is InChI=1S/C11H19N3O2/c1-8(2)11-10(7-15)12-13-14(11)9(3)5-6-16-4/h7-9H,5-6H2,1-4H3. The number of hydrogen-bond donors (Lipinski definition) is 0. The molecule has 16 heavy (non-hydrogen) atoms. The van der Waals surface area contributed by atoms with Gasteiger partial charge in [-0.3, -0.25) is 4.79 Å². The number of ether oxygens (including phenoxy) is 1. The van der Waals surface area contributed by atoms with E-state index in [1.165, 1.54) is 0 Å². The Bertz CT molecular complexity index is 347. The average Bonchev–Trinajstić information content (AvgIpc) is 2.69. The van der Waals surface area contributed by atoms with Crippen molar-refractivity contribution in [3.05, 3.63) is 11.4 Å². The quantitative estimate of drug-likeness (QED) is 0.693. The molecule has 1 aromatic rings. The van der Waals surface area contributed by atoms with Crippen LogP contribution in [0.2, 0.25) is 0 Å². The van der Waals surface area contributed by atoms with Crippen molar-refractivity contribution in [2.24, 2.45) is 0 Å². The third-order valence-electron chi connectivity index (χ3n) is 2.57. The van der Waals surface area contributed by atoms with Gasteiger partial charge >= 0.3 is 0 Å². The third kappa shape index (κ3) is 2.66. The van der Waals surface area contributed by atoms with Gasteiger partial charge in [-0.15, -0.1) is 5.10 Å². The van der Waals surface area contributed by atoms with Crippen molar-refractivity contribution >= 4 is 6.29 Å². The van der Waals surface area contributed by atoms with E-state index in [2.05, 4.69) is 10.3 Å². The highest BCUT2D eigenvalue weighted by Crippen LogP contribution is 2.21. The van der Waals surface area contributed by atoms with Gasteiger partial charge in [-0.05, 0) is 19.3 Å². The molecule has 1 atom stereocenters. The van der Waals surface area contributed by atoms with Crippen molar-refractivity contribution in [3.63, 3.8) is 0 Å². The second kappa shape index (κ2) is 5.75. The van der Waals surface area contributed by atoms with Gasteiger partial charge in [-0.1, -0.05) is 19.1 Å². The molecule has 1 unspecified atom stereocenters. The maximum Gasteiger partial charge on any atom is 0.172 e. The molecule has 5 heteroatoms. The Morgan fingerprint density at radius 1 is 1.44 bits per heavy atom. The Balaban J connectivity index is 2.94. The maximum absolute atomic E-state index is 10.8. The monoisotopic (exact) mass is 225 g/mol. The summed E-state index contributed by atoms with van der Waals surface area (Å²) < 4.78 is 6.86. The smallest absolute Gasteiger partial charge is 0.172 e. The number of carbonyl (C=O) groups is 1. The number of aromatic nitrogens is 3. The molecule has 0 aliphatic rings. The van der Waals surface area contributed by atoms with Crippen molar-refractivity contribution in [1.82, 2.24) is 15.0 Å². The summed E-state index contributed by atoms with van der Waals surface area (Å²) in [5, 5.41) is 7.93. The number of methoxy groups -OCH3 is 1. The van der Waals surface area contributed by atoms with Crippen LogP contribution in [0.15, 0.2) is 0 Å². The van der Waals surface area contributed by atoms with E-state index in [0.717, 1.165) is 18.4 Å². The molecular weight excluding hydrogens is 206 g/mol. The van der Waals surface area contributed by atoms with E-state index in [1.54, 1.807) is 7.11 Å². The number of rotatable bonds is 6. The summed E-state index contributed by atoms with van der Waals surface area (Å²) in [4.78, 5) is 10.8. The Morgan fingerprint density at radius 2 is 2.12 bits per heavy atom. The zero-order valence-corrected chi connectivity index (χ0v) is 10.3. The lowest BCUT2D eigenvalue weighted by Gasteiger charge is -2.16. The number of hydrogen-bond acceptors (Lipinski definition) is 4. The molecule has 0 aliphatic heterocycles. The van der Waals surface area contributed by atoms with Gasteiger partial charge in [-0.25, -0.2) is 4.68 Å². The molecule has 1 rings (SSSR count). The summed E-state index contributed by atoms with van der Waals surface area (Å²) in [7, 11) is 1.67. The van der Waals surface area contributed by atoms with Crippen molar-refractivity contribution in [2.75, 3.05) is 13.7 Å². The Labute approximate surface area is 95.8 Å². The van der Waals surface area contributed by atoms with Crippen LogP contribution in [0.3, 0.4) is 0 Å². The number of aldehydes is 1. The highest BCUT2D eigenvalue weighted by molar-refractivity contribution is 5.73. The first-order valence-electron chi connectivity index (χ1n) is 5.51. The van der Waals surface area contributed by atoms with Gasteiger partial charge in [-0.2, -0.15) is 0 Å². The first kappa shape index (κ1) is 12.8.